The summed E-state index contributed by atoms with van der Waals surface area (Å²) in [6.45, 7) is 0.390. The van der Waals surface area contributed by atoms with Crippen LogP contribution < -0.4 is 0 Å². The maximum Gasteiger partial charge on any atom is 0.255 e. The van der Waals surface area contributed by atoms with Gasteiger partial charge in [0.15, 0.2) is 5.82 Å². The van der Waals surface area contributed by atoms with E-state index in [4.69, 9.17) is 5.53 Å². The zero-order chi connectivity index (χ0) is 19.1. The first-order chi connectivity index (χ1) is 12.5. The Morgan fingerprint density at radius 1 is 1.31 bits per heavy atom. The Morgan fingerprint density at radius 2 is 2.00 bits per heavy atom. The highest BCUT2D eigenvalue weighted by molar-refractivity contribution is 6.00. The molecular formula is C16H15F3N6O. The van der Waals surface area contributed by atoms with Crippen molar-refractivity contribution < 1.29 is 18.0 Å². The molecule has 1 heterocycles. The van der Waals surface area contributed by atoms with Crippen LogP contribution in [0.3, 0.4) is 0 Å². The molecule has 0 radical (unpaired) electrons. The summed E-state index contributed by atoms with van der Waals surface area (Å²) in [5.74, 6) is -1.61. The van der Waals surface area contributed by atoms with E-state index in [1.54, 1.807) is 0 Å². The first-order valence-corrected chi connectivity index (χ1v) is 7.61. The number of benzene rings is 1. The lowest BCUT2D eigenvalue weighted by atomic mass is 10.0. The molecule has 26 heavy (non-hydrogen) atoms. The summed E-state index contributed by atoms with van der Waals surface area (Å²) in [6, 6.07) is 4.46. The number of alkyl halides is 2. The van der Waals surface area contributed by atoms with Crippen molar-refractivity contribution in [3.63, 3.8) is 0 Å². The molecule has 1 aromatic carbocycles. The van der Waals surface area contributed by atoms with E-state index >= 15 is 0 Å². The molecule has 0 spiro atoms. The average Bonchev–Trinajstić information content (AvgIpc) is 2.64. The molecule has 0 fully saturated rings. The van der Waals surface area contributed by atoms with E-state index in [0.717, 1.165) is 11.0 Å². The fourth-order valence-corrected chi connectivity index (χ4v) is 2.38. The van der Waals surface area contributed by atoms with Gasteiger partial charge in [-0.25, -0.2) is 23.1 Å². The summed E-state index contributed by atoms with van der Waals surface area (Å²) in [4.78, 5) is 24.1. The van der Waals surface area contributed by atoms with Gasteiger partial charge in [0, 0.05) is 29.9 Å². The Labute approximate surface area is 147 Å². The van der Waals surface area contributed by atoms with E-state index in [0.29, 0.717) is 0 Å². The van der Waals surface area contributed by atoms with Crippen LogP contribution in [0.5, 0.6) is 0 Å². The van der Waals surface area contributed by atoms with E-state index < -0.39 is 30.7 Å². The second kappa shape index (κ2) is 8.82. The molecule has 1 amide bonds. The molecule has 0 aliphatic carbocycles. The summed E-state index contributed by atoms with van der Waals surface area (Å²) >= 11 is 0. The van der Waals surface area contributed by atoms with E-state index in [9.17, 15) is 18.0 Å². The van der Waals surface area contributed by atoms with Crippen molar-refractivity contribution >= 4 is 5.91 Å². The van der Waals surface area contributed by atoms with Crippen molar-refractivity contribution in [3.8, 4) is 11.4 Å². The number of hydrogen-bond acceptors (Lipinski definition) is 4. The van der Waals surface area contributed by atoms with E-state index in [2.05, 4.69) is 20.0 Å². The number of nitrogens with zero attached hydrogens (tertiary/aromatic N) is 6. The highest BCUT2D eigenvalue weighted by Gasteiger charge is 2.28. The number of halogens is 3. The molecule has 0 aliphatic heterocycles. The third-order valence-electron chi connectivity index (χ3n) is 3.57. The van der Waals surface area contributed by atoms with Crippen LogP contribution in [0.2, 0.25) is 0 Å². The molecule has 0 saturated heterocycles. The fraction of sp³-hybridized carbons (Fsp3) is 0.312. The predicted octanol–water partition coefficient (Wildman–Crippen LogP) is 3.69. The van der Waals surface area contributed by atoms with Crippen molar-refractivity contribution in [2.24, 2.45) is 5.11 Å². The maximum atomic E-state index is 14.4. The maximum absolute atomic E-state index is 14.4. The van der Waals surface area contributed by atoms with E-state index in [-0.39, 0.29) is 23.5 Å². The van der Waals surface area contributed by atoms with E-state index in [1.807, 2.05) is 0 Å². The lowest BCUT2D eigenvalue weighted by molar-refractivity contribution is 0.0465. The number of azide groups is 1. The molecule has 10 heteroatoms. The van der Waals surface area contributed by atoms with Crippen LogP contribution in [-0.4, -0.2) is 46.3 Å². The largest absolute Gasteiger partial charge is 0.330 e. The molecule has 2 rings (SSSR count). The molecular weight excluding hydrogens is 349 g/mol. The van der Waals surface area contributed by atoms with Crippen LogP contribution >= 0.6 is 0 Å². The van der Waals surface area contributed by atoms with Gasteiger partial charge in [-0.3, -0.25) is 4.79 Å². The molecule has 1 aromatic heterocycles. The Hall–Kier alpha value is -3.13. The Kier molecular flexibility index (Phi) is 6.51. The third-order valence-corrected chi connectivity index (χ3v) is 3.57. The Morgan fingerprint density at radius 3 is 2.62 bits per heavy atom. The van der Waals surface area contributed by atoms with Crippen molar-refractivity contribution in [1.29, 1.82) is 0 Å². The van der Waals surface area contributed by atoms with E-state index in [1.165, 1.54) is 37.5 Å². The number of carbonyl (C=O) groups excluding carboxylic acids is 1. The number of aromatic nitrogens is 2. The minimum Gasteiger partial charge on any atom is -0.330 e. The molecule has 0 saturated carbocycles. The topological polar surface area (TPSA) is 94.9 Å². The Bertz CT molecular complexity index is 811. The van der Waals surface area contributed by atoms with Gasteiger partial charge in [-0.05, 0) is 30.7 Å². The monoisotopic (exact) mass is 364 g/mol. The van der Waals surface area contributed by atoms with Gasteiger partial charge in [0.05, 0.1) is 17.7 Å². The van der Waals surface area contributed by atoms with Crippen LogP contribution in [0.25, 0.3) is 21.8 Å². The van der Waals surface area contributed by atoms with Gasteiger partial charge in [-0.1, -0.05) is 11.2 Å². The molecule has 1 atom stereocenters. The standard InChI is InChI=1S/C16H15F3N6O/c1-10(8-23-24-20)25(9-13(18)19)16(26)11-4-2-5-12(17)14(11)15-21-6-3-7-22-15/h2-7,10,13H,8-9H2,1H3/t10-/m0/s1. The lowest BCUT2D eigenvalue weighted by Crippen LogP contribution is -2.43. The second-order valence-corrected chi connectivity index (χ2v) is 5.35. The number of hydrogen-bond donors (Lipinski definition) is 0. The molecule has 0 bridgehead atoms. The van der Waals surface area contributed by atoms with Crippen LogP contribution in [-0.2, 0) is 0 Å². The minimum atomic E-state index is -2.81. The summed E-state index contributed by atoms with van der Waals surface area (Å²) in [5.41, 5.74) is 8.08. The summed E-state index contributed by atoms with van der Waals surface area (Å²) < 4.78 is 40.3. The number of amides is 1. The van der Waals surface area contributed by atoms with Gasteiger partial charge in [-0.15, -0.1) is 0 Å². The minimum absolute atomic E-state index is 0.0337. The molecule has 0 unspecified atom stereocenters. The van der Waals surface area contributed by atoms with Crippen molar-refractivity contribution in [2.45, 2.75) is 19.4 Å². The first kappa shape index (κ1) is 19.2. The first-order valence-electron chi connectivity index (χ1n) is 7.61. The summed E-state index contributed by atoms with van der Waals surface area (Å²) in [5, 5.41) is 3.32. The molecule has 0 N–H and O–H groups in total. The van der Waals surface area contributed by atoms with Crippen LogP contribution in [0.1, 0.15) is 17.3 Å². The number of carbonyl (C=O) groups is 1. The zero-order valence-electron chi connectivity index (χ0n) is 13.8. The second-order valence-electron chi connectivity index (χ2n) is 5.35. The summed E-state index contributed by atoms with van der Waals surface area (Å²) in [7, 11) is 0. The smallest absolute Gasteiger partial charge is 0.255 e. The molecule has 136 valence electrons. The van der Waals surface area contributed by atoms with Gasteiger partial charge < -0.3 is 4.90 Å². The van der Waals surface area contributed by atoms with Crippen LogP contribution in [0.4, 0.5) is 13.2 Å². The highest BCUT2D eigenvalue weighted by Crippen LogP contribution is 2.25. The van der Waals surface area contributed by atoms with Gasteiger partial charge in [-0.2, -0.15) is 0 Å². The Balaban J connectivity index is 2.49. The van der Waals surface area contributed by atoms with Gasteiger partial charge in [0.2, 0.25) is 0 Å². The van der Waals surface area contributed by atoms with Gasteiger partial charge in [0.1, 0.15) is 5.82 Å². The van der Waals surface area contributed by atoms with Crippen LogP contribution in [0, 0.1) is 5.82 Å². The molecule has 2 aromatic rings. The normalized spacial score (nSPS) is 11.7. The zero-order valence-corrected chi connectivity index (χ0v) is 13.8. The lowest BCUT2D eigenvalue weighted by Gasteiger charge is -2.28. The molecule has 0 aliphatic rings. The SMILES string of the molecule is C[C@@H](CN=[N+]=[N-])N(CC(F)F)C(=O)c1cccc(F)c1-c1ncccn1. The average molecular weight is 364 g/mol. The molecule has 7 nitrogen and oxygen atoms in total. The van der Waals surface area contributed by atoms with Crippen molar-refractivity contribution in [3.05, 3.63) is 58.5 Å². The quantitative estimate of drug-likeness (QED) is 0.426. The van der Waals surface area contributed by atoms with Crippen molar-refractivity contribution in [1.82, 2.24) is 14.9 Å². The van der Waals surface area contributed by atoms with Gasteiger partial charge in [0.25, 0.3) is 12.3 Å². The third kappa shape index (κ3) is 4.48. The highest BCUT2D eigenvalue weighted by atomic mass is 19.3. The van der Waals surface area contributed by atoms with Crippen LogP contribution in [0.15, 0.2) is 41.8 Å². The van der Waals surface area contributed by atoms with Crippen molar-refractivity contribution in [2.75, 3.05) is 13.1 Å². The summed E-state index contributed by atoms with van der Waals surface area (Å²) in [6.07, 6.45) is -0.0496. The van der Waals surface area contributed by atoms with Gasteiger partial charge >= 0.3 is 0 Å². The number of rotatable bonds is 7. The predicted molar refractivity (Wildman–Crippen MR) is 87.9 cm³/mol. The fourth-order valence-electron chi connectivity index (χ4n) is 2.38.